The molecule has 0 saturated carbocycles. The van der Waals surface area contributed by atoms with E-state index in [9.17, 15) is 0 Å². The monoisotopic (exact) mass is 1070 g/mol. The molecule has 2 nitrogen and oxygen atoms in total. The predicted molar refractivity (Wildman–Crippen MR) is 356 cm³/mol. The second-order valence-electron chi connectivity index (χ2n) is 23.0. The van der Waals surface area contributed by atoms with E-state index in [1.807, 2.05) is 0 Å². The summed E-state index contributed by atoms with van der Waals surface area (Å²) in [6, 6.07) is 89.9. The van der Waals surface area contributed by atoms with Crippen LogP contribution in [0.1, 0.15) is 138 Å². The fraction of sp³-hybridized carbons (Fsp3) is 0.160. The molecule has 10 aromatic rings. The topological polar surface area (TPSA) is 6.48 Å². The van der Waals surface area contributed by atoms with E-state index in [1.165, 1.54) is 112 Å². The van der Waals surface area contributed by atoms with Crippen LogP contribution < -0.4 is 9.80 Å². The van der Waals surface area contributed by atoms with E-state index >= 15 is 0 Å². The Bertz CT molecular complexity index is 3830. The standard InChI is InChI=1S/C81H72N2/c1-5-53-81(83(70-49-41-65(42-50-70)35-31-61-25-17-11-18-26-61)71-51-43-66(44-52-71)36-32-62-27-19-12-20-28-62)77-55-73-72-54-67-58-80(8-4,74(67)56-75(72)79(6-2,7-3)76(73)57-78(77)81)82(68-45-37-63(38-46-68)33-29-59-21-13-9-14-22-59)69-47-39-64(40-48-69)34-30-60-23-15-10-16-24-60/h9-52,54-57H,5-8,53,58H2,1-4H3/b33-29+,34-30+,35-31+,36-32+. The van der Waals surface area contributed by atoms with Gasteiger partial charge in [0.1, 0.15) is 0 Å². The van der Waals surface area contributed by atoms with Crippen molar-refractivity contribution in [1.29, 1.82) is 0 Å². The molecule has 0 aromatic heterocycles. The molecule has 0 spiro atoms. The molecule has 406 valence electrons. The summed E-state index contributed by atoms with van der Waals surface area (Å²) in [7, 11) is 0. The van der Waals surface area contributed by atoms with Crippen molar-refractivity contribution in [2.24, 2.45) is 0 Å². The van der Waals surface area contributed by atoms with Crippen LogP contribution in [0.2, 0.25) is 0 Å². The quantitative estimate of drug-likeness (QED) is 0.0745. The van der Waals surface area contributed by atoms with Gasteiger partial charge in [-0.25, -0.2) is 0 Å². The minimum Gasteiger partial charge on any atom is -0.331 e. The number of benzene rings is 10. The van der Waals surface area contributed by atoms with Gasteiger partial charge in [-0.2, -0.15) is 0 Å². The van der Waals surface area contributed by atoms with Crippen LogP contribution in [0.25, 0.3) is 59.7 Å². The molecule has 0 fully saturated rings. The van der Waals surface area contributed by atoms with Crippen LogP contribution in [-0.2, 0) is 22.9 Å². The highest BCUT2D eigenvalue weighted by atomic mass is 15.2. The summed E-state index contributed by atoms with van der Waals surface area (Å²) in [6.07, 6.45) is 23.8. The molecule has 0 bridgehead atoms. The van der Waals surface area contributed by atoms with Crippen LogP contribution in [0.3, 0.4) is 0 Å². The first-order valence-electron chi connectivity index (χ1n) is 30.2. The van der Waals surface area contributed by atoms with Crippen molar-refractivity contribution in [2.45, 2.75) is 82.7 Å². The summed E-state index contributed by atoms with van der Waals surface area (Å²) in [5, 5.41) is 0. The summed E-state index contributed by atoms with van der Waals surface area (Å²) in [5.41, 5.74) is 25.4. The van der Waals surface area contributed by atoms with Gasteiger partial charge in [0.2, 0.25) is 0 Å². The van der Waals surface area contributed by atoms with Gasteiger partial charge >= 0.3 is 0 Å². The summed E-state index contributed by atoms with van der Waals surface area (Å²) in [5.74, 6) is 0. The smallest absolute Gasteiger partial charge is 0.0962 e. The highest BCUT2D eigenvalue weighted by Crippen LogP contribution is 2.65. The first kappa shape index (κ1) is 53.1. The minimum absolute atomic E-state index is 0.126. The van der Waals surface area contributed by atoms with E-state index in [1.54, 1.807) is 0 Å². The molecule has 2 heteroatoms. The second-order valence-corrected chi connectivity index (χ2v) is 23.0. The van der Waals surface area contributed by atoms with Gasteiger partial charge in [0.15, 0.2) is 0 Å². The first-order chi connectivity index (χ1) is 40.9. The Hall–Kier alpha value is -9.24. The number of rotatable bonds is 19. The maximum Gasteiger partial charge on any atom is 0.0962 e. The molecule has 10 aromatic carbocycles. The fourth-order valence-corrected chi connectivity index (χ4v) is 14.0. The molecule has 0 saturated heterocycles. The maximum absolute atomic E-state index is 2.68. The lowest BCUT2D eigenvalue weighted by Crippen LogP contribution is -2.51. The summed E-state index contributed by atoms with van der Waals surface area (Å²) >= 11 is 0. The van der Waals surface area contributed by atoms with Crippen molar-refractivity contribution in [2.75, 3.05) is 9.80 Å². The minimum atomic E-state index is -0.285. The lowest BCUT2D eigenvalue weighted by molar-refractivity contribution is 0.361. The van der Waals surface area contributed by atoms with Crippen LogP contribution in [0.5, 0.6) is 0 Å². The molecule has 3 aliphatic rings. The predicted octanol–water partition coefficient (Wildman–Crippen LogP) is 21.6. The molecule has 83 heavy (non-hydrogen) atoms. The highest BCUT2D eigenvalue weighted by molar-refractivity contribution is 5.90. The van der Waals surface area contributed by atoms with Gasteiger partial charge in [-0.05, 0) is 169 Å². The zero-order valence-electron chi connectivity index (χ0n) is 48.3. The average molecular weight is 1070 g/mol. The number of hydrogen-bond acceptors (Lipinski definition) is 2. The zero-order chi connectivity index (χ0) is 56.4. The molecule has 0 amide bonds. The Kier molecular flexibility index (Phi) is 14.5. The zero-order valence-corrected chi connectivity index (χ0v) is 48.3. The van der Waals surface area contributed by atoms with Crippen molar-refractivity contribution in [1.82, 2.24) is 0 Å². The largest absolute Gasteiger partial charge is 0.331 e. The van der Waals surface area contributed by atoms with Crippen molar-refractivity contribution in [3.63, 3.8) is 0 Å². The maximum atomic E-state index is 2.68. The Balaban J connectivity index is 0.884. The third kappa shape index (κ3) is 9.80. The van der Waals surface area contributed by atoms with Crippen LogP contribution in [-0.4, -0.2) is 0 Å². The van der Waals surface area contributed by atoms with Crippen LogP contribution in [0, 0.1) is 0 Å². The van der Waals surface area contributed by atoms with E-state index < -0.39 is 0 Å². The van der Waals surface area contributed by atoms with E-state index in [-0.39, 0.29) is 16.5 Å². The lowest BCUT2D eigenvalue weighted by atomic mass is 9.64. The molecule has 2 unspecified atom stereocenters. The molecule has 0 aliphatic heterocycles. The van der Waals surface area contributed by atoms with Gasteiger partial charge < -0.3 is 9.80 Å². The Morgan fingerprint density at radius 2 is 0.627 bits per heavy atom. The Morgan fingerprint density at radius 3 is 0.964 bits per heavy atom. The molecule has 2 atom stereocenters. The highest BCUT2D eigenvalue weighted by Gasteiger charge is 2.58. The average Bonchev–Trinajstić information content (AvgIpc) is 1.58. The lowest BCUT2D eigenvalue weighted by Gasteiger charge is -2.53. The first-order valence-corrected chi connectivity index (χ1v) is 30.2. The van der Waals surface area contributed by atoms with Crippen LogP contribution in [0.15, 0.2) is 243 Å². The molecule has 0 N–H and O–H groups in total. The normalized spacial score (nSPS) is 17.1. The van der Waals surface area contributed by atoms with E-state index in [0.717, 1.165) is 38.5 Å². The number of anilines is 4. The van der Waals surface area contributed by atoms with Crippen molar-refractivity contribution < 1.29 is 0 Å². The third-order valence-corrected chi connectivity index (χ3v) is 18.4. The van der Waals surface area contributed by atoms with Crippen molar-refractivity contribution in [3.05, 3.63) is 321 Å². The van der Waals surface area contributed by atoms with Gasteiger partial charge in [-0.15, -0.1) is 0 Å². The van der Waals surface area contributed by atoms with Gasteiger partial charge in [-0.1, -0.05) is 271 Å². The van der Waals surface area contributed by atoms with Gasteiger partial charge in [0.25, 0.3) is 0 Å². The SMILES string of the molecule is CCCC1(N(c2ccc(/C=C/c3ccccc3)cc2)c2ccc(/C=C/c3ccccc3)cc2)c2cc3c(cc21)C(CC)(CC)c1cc2c(cc1-3)CC2(CC)N(c1ccc(/C=C/c2ccccc2)cc1)c1ccc(/C=C/c2ccccc2)cc1. The van der Waals surface area contributed by atoms with Crippen LogP contribution >= 0.6 is 0 Å². The second kappa shape index (κ2) is 22.6. The number of hydrogen-bond donors (Lipinski definition) is 0. The van der Waals surface area contributed by atoms with Crippen molar-refractivity contribution >= 4 is 71.4 Å². The molecule has 0 heterocycles. The fourth-order valence-electron chi connectivity index (χ4n) is 14.0. The molecule has 13 rings (SSSR count). The van der Waals surface area contributed by atoms with E-state index in [2.05, 4.69) is 329 Å². The summed E-state index contributed by atoms with van der Waals surface area (Å²) < 4.78 is 0. The molecular formula is C81H72N2. The van der Waals surface area contributed by atoms with E-state index in [4.69, 9.17) is 0 Å². The molecule has 0 radical (unpaired) electrons. The number of fused-ring (bicyclic) bond motifs is 5. The van der Waals surface area contributed by atoms with Crippen LogP contribution in [0.4, 0.5) is 22.7 Å². The van der Waals surface area contributed by atoms with Gasteiger partial charge in [-0.3, -0.25) is 0 Å². The third-order valence-electron chi connectivity index (χ3n) is 18.4. The number of nitrogens with zero attached hydrogens (tertiary/aromatic N) is 2. The Morgan fingerprint density at radius 1 is 0.313 bits per heavy atom. The summed E-state index contributed by atoms with van der Waals surface area (Å²) in [6.45, 7) is 9.62. The van der Waals surface area contributed by atoms with Crippen molar-refractivity contribution in [3.8, 4) is 11.1 Å². The summed E-state index contributed by atoms with van der Waals surface area (Å²) in [4.78, 5) is 5.34. The Labute approximate surface area is 492 Å². The molecule has 3 aliphatic carbocycles. The van der Waals surface area contributed by atoms with Gasteiger partial charge in [0.05, 0.1) is 11.1 Å². The van der Waals surface area contributed by atoms with E-state index in [0.29, 0.717) is 0 Å². The van der Waals surface area contributed by atoms with Gasteiger partial charge in [0, 0.05) is 34.6 Å². The molecular weight excluding hydrogens is 1000 g/mol.